The van der Waals surface area contributed by atoms with Crippen molar-refractivity contribution >= 4 is 64.1 Å². The van der Waals surface area contributed by atoms with Gasteiger partial charge in [-0.1, -0.05) is 24.6 Å². The summed E-state index contributed by atoms with van der Waals surface area (Å²) in [5.41, 5.74) is 8.31. The molecule has 48 heavy (non-hydrogen) atoms. The van der Waals surface area contributed by atoms with E-state index in [-0.39, 0.29) is 60.3 Å². The molecule has 7 amide bonds. The van der Waals surface area contributed by atoms with Crippen LogP contribution in [0.1, 0.15) is 69.6 Å². The molecule has 14 nitrogen and oxygen atoms in total. The lowest BCUT2D eigenvalue weighted by Gasteiger charge is -2.27. The highest BCUT2D eigenvalue weighted by atomic mass is 16.2. The van der Waals surface area contributed by atoms with Crippen LogP contribution in [0.5, 0.6) is 0 Å². The first-order chi connectivity index (χ1) is 23.1. The largest absolute Gasteiger partial charge is 0.397 e. The van der Waals surface area contributed by atoms with Crippen LogP contribution in [-0.4, -0.2) is 65.4 Å². The number of fused-ring (bicyclic) bond motifs is 1. The van der Waals surface area contributed by atoms with Crippen LogP contribution in [0.15, 0.2) is 66.7 Å². The van der Waals surface area contributed by atoms with Crippen LogP contribution in [0.4, 0.5) is 22.7 Å². The molecule has 0 radical (unpaired) electrons. The number of hydrogen-bond acceptors (Lipinski definition) is 9. The van der Waals surface area contributed by atoms with Gasteiger partial charge in [0.2, 0.25) is 23.6 Å². The van der Waals surface area contributed by atoms with Gasteiger partial charge < -0.3 is 27.0 Å². The van der Waals surface area contributed by atoms with E-state index in [0.717, 1.165) is 4.90 Å². The molecular weight excluding hydrogens is 618 g/mol. The van der Waals surface area contributed by atoms with Crippen LogP contribution < -0.4 is 32.3 Å². The Kier molecular flexibility index (Phi) is 10.4. The molecule has 1 saturated heterocycles. The molecule has 2 aliphatic rings. The Morgan fingerprint density at radius 3 is 2.31 bits per heavy atom. The standard InChI is InChI=1S/C34H35N7O7/c35-23-8-3-4-9-24(23)39-31(45)20-12-14-21(15-13-20)38-27(42)11-2-1-5-18-36-29(44)19-37-25-10-6-7-22-30(25)34(48)41(33(22)47)26-16-17-28(43)40-32(26)46/h3-4,6-10,12-15,26,37H,1-2,5,11,16-19,35H2,(H,36,44)(H,38,42)(H,39,45)(H,40,43,46). The summed E-state index contributed by atoms with van der Waals surface area (Å²) in [6.45, 7) is 0.230. The summed E-state index contributed by atoms with van der Waals surface area (Å²) in [5, 5.41) is 13.4. The first-order valence-electron chi connectivity index (χ1n) is 15.5. The van der Waals surface area contributed by atoms with E-state index in [9.17, 15) is 33.6 Å². The zero-order valence-corrected chi connectivity index (χ0v) is 26.0. The second kappa shape index (κ2) is 15.0. The molecule has 0 aliphatic carbocycles. The molecule has 1 fully saturated rings. The first kappa shape index (κ1) is 33.3. The van der Waals surface area contributed by atoms with E-state index < -0.39 is 29.7 Å². The average molecular weight is 654 g/mol. The minimum atomic E-state index is -1.08. The summed E-state index contributed by atoms with van der Waals surface area (Å²) in [6, 6.07) is 17.0. The quantitative estimate of drug-likeness (QED) is 0.0909. The van der Waals surface area contributed by atoms with E-state index >= 15 is 0 Å². The number of carbonyl (C=O) groups excluding carboxylic acids is 7. The number of nitrogen functional groups attached to an aromatic ring is 1. The second-order valence-electron chi connectivity index (χ2n) is 11.4. The van der Waals surface area contributed by atoms with Crippen molar-refractivity contribution < 1.29 is 33.6 Å². The average Bonchev–Trinajstić information content (AvgIpc) is 3.32. The van der Waals surface area contributed by atoms with E-state index in [1.54, 1.807) is 60.7 Å². The fraction of sp³-hybridized carbons (Fsp3) is 0.265. The molecule has 2 heterocycles. The normalized spacial score (nSPS) is 15.4. The van der Waals surface area contributed by atoms with Crippen molar-refractivity contribution in [1.29, 1.82) is 0 Å². The number of amides is 7. The topological polar surface area (TPSA) is 209 Å². The lowest BCUT2D eigenvalue weighted by Crippen LogP contribution is -2.54. The molecule has 0 aromatic heterocycles. The number of rotatable bonds is 13. The monoisotopic (exact) mass is 653 g/mol. The molecule has 2 aliphatic heterocycles. The summed E-state index contributed by atoms with van der Waals surface area (Å²) in [5.74, 6) is -3.25. The van der Waals surface area contributed by atoms with E-state index in [2.05, 4.69) is 26.6 Å². The molecule has 0 bridgehead atoms. The molecular formula is C34H35N7O7. The van der Waals surface area contributed by atoms with Crippen molar-refractivity contribution in [3.05, 3.63) is 83.4 Å². The van der Waals surface area contributed by atoms with Gasteiger partial charge in [-0.3, -0.25) is 43.8 Å². The van der Waals surface area contributed by atoms with Gasteiger partial charge in [-0.2, -0.15) is 0 Å². The van der Waals surface area contributed by atoms with E-state index in [0.29, 0.717) is 48.4 Å². The third-order valence-electron chi connectivity index (χ3n) is 7.95. The van der Waals surface area contributed by atoms with Crippen molar-refractivity contribution in [1.82, 2.24) is 15.5 Å². The van der Waals surface area contributed by atoms with Crippen LogP contribution >= 0.6 is 0 Å². The maximum absolute atomic E-state index is 13.2. The number of benzene rings is 3. The second-order valence-corrected chi connectivity index (χ2v) is 11.4. The van der Waals surface area contributed by atoms with Gasteiger partial charge in [-0.15, -0.1) is 0 Å². The zero-order valence-electron chi connectivity index (χ0n) is 26.0. The summed E-state index contributed by atoms with van der Waals surface area (Å²) >= 11 is 0. The van der Waals surface area contributed by atoms with E-state index in [4.69, 9.17) is 5.73 Å². The Labute approximate surface area is 275 Å². The molecule has 248 valence electrons. The van der Waals surface area contributed by atoms with Gasteiger partial charge in [0.1, 0.15) is 6.04 Å². The molecule has 0 spiro atoms. The van der Waals surface area contributed by atoms with Crippen LogP contribution in [0.25, 0.3) is 0 Å². The third kappa shape index (κ3) is 7.84. The van der Waals surface area contributed by atoms with Gasteiger partial charge in [-0.05, 0) is 67.8 Å². The van der Waals surface area contributed by atoms with Crippen LogP contribution in [0.2, 0.25) is 0 Å². The highest BCUT2D eigenvalue weighted by molar-refractivity contribution is 6.25. The first-order valence-corrected chi connectivity index (χ1v) is 15.5. The Balaban J connectivity index is 0.989. The molecule has 7 N–H and O–H groups in total. The maximum Gasteiger partial charge on any atom is 0.264 e. The summed E-state index contributed by atoms with van der Waals surface area (Å²) in [6.07, 6.45) is 2.30. The number of nitrogens with zero attached hydrogens (tertiary/aromatic N) is 1. The van der Waals surface area contributed by atoms with Gasteiger partial charge >= 0.3 is 0 Å². The molecule has 5 rings (SSSR count). The van der Waals surface area contributed by atoms with Crippen LogP contribution in [-0.2, 0) is 19.2 Å². The molecule has 1 unspecified atom stereocenters. The summed E-state index contributed by atoms with van der Waals surface area (Å²) in [7, 11) is 0. The summed E-state index contributed by atoms with van der Waals surface area (Å²) in [4.78, 5) is 88.1. The molecule has 3 aromatic rings. The smallest absolute Gasteiger partial charge is 0.264 e. The van der Waals surface area contributed by atoms with Crippen molar-refractivity contribution in [2.24, 2.45) is 0 Å². The molecule has 3 aromatic carbocycles. The number of para-hydroxylation sites is 2. The Bertz CT molecular complexity index is 1770. The third-order valence-corrected chi connectivity index (χ3v) is 7.95. The number of nitrogens with two attached hydrogens (primary N) is 1. The number of piperidine rings is 1. The molecule has 14 heteroatoms. The minimum Gasteiger partial charge on any atom is -0.397 e. The molecule has 1 atom stereocenters. The number of imide groups is 2. The predicted molar refractivity (Wildman–Crippen MR) is 177 cm³/mol. The number of nitrogens with one attached hydrogen (secondary N) is 5. The summed E-state index contributed by atoms with van der Waals surface area (Å²) < 4.78 is 0. The van der Waals surface area contributed by atoms with Crippen molar-refractivity contribution in [2.45, 2.75) is 44.6 Å². The lowest BCUT2D eigenvalue weighted by atomic mass is 10.0. The number of anilines is 4. The van der Waals surface area contributed by atoms with Crippen LogP contribution in [0, 0.1) is 0 Å². The van der Waals surface area contributed by atoms with Crippen molar-refractivity contribution in [3.8, 4) is 0 Å². The van der Waals surface area contributed by atoms with Gasteiger partial charge in [0.15, 0.2) is 0 Å². The molecule has 0 saturated carbocycles. The predicted octanol–water partition coefficient (Wildman–Crippen LogP) is 2.65. The van der Waals surface area contributed by atoms with Crippen molar-refractivity contribution in [3.63, 3.8) is 0 Å². The van der Waals surface area contributed by atoms with Gasteiger partial charge in [-0.25, -0.2) is 0 Å². The highest BCUT2D eigenvalue weighted by Gasteiger charge is 2.45. The minimum absolute atomic E-state index is 0.0201. The Morgan fingerprint density at radius 1 is 0.812 bits per heavy atom. The number of carbonyl (C=O) groups is 7. The fourth-order valence-corrected chi connectivity index (χ4v) is 5.45. The Morgan fingerprint density at radius 2 is 1.56 bits per heavy atom. The van der Waals surface area contributed by atoms with Crippen molar-refractivity contribution in [2.75, 3.05) is 34.8 Å². The Hall–Kier alpha value is -6.05. The SMILES string of the molecule is Nc1ccccc1NC(=O)c1ccc(NC(=O)CCCCCNC(=O)CNc2cccc3c2C(=O)N(C2CCC(=O)NC2=O)C3=O)cc1. The van der Waals surface area contributed by atoms with Gasteiger partial charge in [0.05, 0.1) is 29.0 Å². The van der Waals surface area contributed by atoms with Gasteiger partial charge in [0, 0.05) is 36.3 Å². The highest BCUT2D eigenvalue weighted by Crippen LogP contribution is 2.32. The van der Waals surface area contributed by atoms with E-state index in [1.807, 2.05) is 0 Å². The lowest BCUT2D eigenvalue weighted by molar-refractivity contribution is -0.136. The van der Waals surface area contributed by atoms with Gasteiger partial charge in [0.25, 0.3) is 17.7 Å². The number of unbranched alkanes of at least 4 members (excludes halogenated alkanes) is 2. The van der Waals surface area contributed by atoms with E-state index in [1.165, 1.54) is 6.07 Å². The zero-order chi connectivity index (χ0) is 34.2. The maximum atomic E-state index is 13.2. The van der Waals surface area contributed by atoms with Crippen LogP contribution in [0.3, 0.4) is 0 Å². The number of hydrogen-bond donors (Lipinski definition) is 6. The fourth-order valence-electron chi connectivity index (χ4n) is 5.45.